The van der Waals surface area contributed by atoms with Crippen LogP contribution in [0.2, 0.25) is 0 Å². The molecule has 0 atom stereocenters. The van der Waals surface area contributed by atoms with Gasteiger partial charge in [-0.05, 0) is 18.6 Å². The summed E-state index contributed by atoms with van der Waals surface area (Å²) in [7, 11) is 0. The molecule has 0 nitrogen and oxygen atoms in total. The highest BCUT2D eigenvalue weighted by atomic mass is 32.2. The molecule has 1 rings (SSSR count). The normalized spacial score (nSPS) is 24.7. The maximum Gasteiger partial charge on any atom is 0.0335 e. The van der Waals surface area contributed by atoms with Crippen molar-refractivity contribution in [3.8, 4) is 0 Å². The third-order valence-electron chi connectivity index (χ3n) is 1.76. The Morgan fingerprint density at radius 2 is 2.00 bits per heavy atom. The molecule has 1 heterocycles. The van der Waals surface area contributed by atoms with Gasteiger partial charge in [-0.3, -0.25) is 0 Å². The molecule has 0 unspecified atom stereocenters. The quantitative estimate of drug-likeness (QED) is 0.614. The van der Waals surface area contributed by atoms with Crippen LogP contribution in [0.25, 0.3) is 0 Å². The van der Waals surface area contributed by atoms with Crippen molar-refractivity contribution >= 4 is 37.0 Å². The number of hydrogen-bond acceptors (Lipinski definition) is 3. The van der Waals surface area contributed by atoms with Crippen molar-refractivity contribution in [2.45, 2.75) is 17.6 Å². The van der Waals surface area contributed by atoms with Crippen LogP contribution in [0.5, 0.6) is 0 Å². The minimum atomic E-state index is 0.423. The Labute approximate surface area is 72.0 Å². The van der Waals surface area contributed by atoms with E-state index in [9.17, 15) is 0 Å². The summed E-state index contributed by atoms with van der Waals surface area (Å²) in [5.74, 6) is 3.28. The molecular formula is C6H12S3. The summed E-state index contributed by atoms with van der Waals surface area (Å²) < 4.78 is 0.423. The standard InChI is InChI=1S/C6H12S3/c7-4-6(5-8)2-1-3-9-6/h7-8H,1-5H2. The van der Waals surface area contributed by atoms with Crippen molar-refractivity contribution < 1.29 is 0 Å². The van der Waals surface area contributed by atoms with Gasteiger partial charge in [0.1, 0.15) is 0 Å². The highest BCUT2D eigenvalue weighted by molar-refractivity contribution is 8.02. The van der Waals surface area contributed by atoms with E-state index in [2.05, 4.69) is 25.3 Å². The second-order valence-electron chi connectivity index (χ2n) is 2.45. The molecule has 0 aromatic heterocycles. The molecule has 1 fully saturated rings. The van der Waals surface area contributed by atoms with Crippen LogP contribution in [0.1, 0.15) is 12.8 Å². The average molecular weight is 180 g/mol. The van der Waals surface area contributed by atoms with Crippen LogP contribution in [0, 0.1) is 0 Å². The van der Waals surface area contributed by atoms with Crippen LogP contribution in [0.3, 0.4) is 0 Å². The molecule has 1 saturated heterocycles. The molecule has 0 amide bonds. The Hall–Kier alpha value is 1.05. The summed E-state index contributed by atoms with van der Waals surface area (Å²) in [5, 5.41) is 0. The first-order valence-corrected chi connectivity index (χ1v) is 5.44. The van der Waals surface area contributed by atoms with E-state index < -0.39 is 0 Å². The number of thioether (sulfide) groups is 1. The SMILES string of the molecule is SCC1(CS)CCCS1. The topological polar surface area (TPSA) is 0 Å². The fourth-order valence-electron chi connectivity index (χ4n) is 1.05. The third kappa shape index (κ3) is 1.75. The average Bonchev–Trinajstić information content (AvgIpc) is 2.36. The molecular weight excluding hydrogens is 168 g/mol. The fourth-order valence-corrected chi connectivity index (χ4v) is 3.51. The molecule has 54 valence electrons. The Kier molecular flexibility index (Phi) is 3.12. The van der Waals surface area contributed by atoms with Gasteiger partial charge in [0.15, 0.2) is 0 Å². The zero-order chi connectivity index (χ0) is 6.74. The van der Waals surface area contributed by atoms with Crippen molar-refractivity contribution in [1.82, 2.24) is 0 Å². The van der Waals surface area contributed by atoms with Crippen molar-refractivity contribution in [2.24, 2.45) is 0 Å². The molecule has 1 aliphatic heterocycles. The fraction of sp³-hybridized carbons (Fsp3) is 1.00. The predicted octanol–water partition coefficient (Wildman–Crippen LogP) is 2.11. The van der Waals surface area contributed by atoms with Crippen LogP contribution in [0.4, 0.5) is 0 Å². The summed E-state index contributed by atoms with van der Waals surface area (Å²) in [6.07, 6.45) is 2.66. The van der Waals surface area contributed by atoms with Gasteiger partial charge in [-0.25, -0.2) is 0 Å². The van der Waals surface area contributed by atoms with Gasteiger partial charge in [-0.15, -0.1) is 0 Å². The summed E-state index contributed by atoms with van der Waals surface area (Å²) in [6.45, 7) is 0. The van der Waals surface area contributed by atoms with E-state index in [1.54, 1.807) is 0 Å². The van der Waals surface area contributed by atoms with Gasteiger partial charge in [-0.1, -0.05) is 0 Å². The van der Waals surface area contributed by atoms with Gasteiger partial charge in [0.2, 0.25) is 0 Å². The Balaban J connectivity index is 2.45. The van der Waals surface area contributed by atoms with Crippen LogP contribution < -0.4 is 0 Å². The lowest BCUT2D eigenvalue weighted by Gasteiger charge is -2.22. The largest absolute Gasteiger partial charge is 0.178 e. The van der Waals surface area contributed by atoms with E-state index in [0.717, 1.165) is 11.5 Å². The predicted molar refractivity (Wildman–Crippen MR) is 52.1 cm³/mol. The van der Waals surface area contributed by atoms with Crippen molar-refractivity contribution in [1.29, 1.82) is 0 Å². The van der Waals surface area contributed by atoms with Gasteiger partial charge in [0.05, 0.1) is 0 Å². The van der Waals surface area contributed by atoms with E-state index in [4.69, 9.17) is 0 Å². The maximum absolute atomic E-state index is 4.31. The smallest absolute Gasteiger partial charge is 0.0335 e. The first-order chi connectivity index (χ1) is 4.33. The Morgan fingerprint density at radius 3 is 2.22 bits per heavy atom. The lowest BCUT2D eigenvalue weighted by molar-refractivity contribution is 0.686. The molecule has 3 heteroatoms. The van der Waals surface area contributed by atoms with Crippen molar-refractivity contribution in [3.63, 3.8) is 0 Å². The summed E-state index contributed by atoms with van der Waals surface area (Å²) in [6, 6.07) is 0. The molecule has 0 N–H and O–H groups in total. The van der Waals surface area contributed by atoms with E-state index in [-0.39, 0.29) is 0 Å². The Morgan fingerprint density at radius 1 is 1.33 bits per heavy atom. The van der Waals surface area contributed by atoms with E-state index in [1.165, 1.54) is 18.6 Å². The molecule has 0 bridgehead atoms. The van der Waals surface area contributed by atoms with Gasteiger partial charge in [-0.2, -0.15) is 37.0 Å². The monoisotopic (exact) mass is 180 g/mol. The van der Waals surface area contributed by atoms with E-state index >= 15 is 0 Å². The zero-order valence-electron chi connectivity index (χ0n) is 5.34. The van der Waals surface area contributed by atoms with Gasteiger partial charge >= 0.3 is 0 Å². The van der Waals surface area contributed by atoms with Gasteiger partial charge in [0.25, 0.3) is 0 Å². The van der Waals surface area contributed by atoms with Gasteiger partial charge < -0.3 is 0 Å². The summed E-state index contributed by atoms with van der Waals surface area (Å²) >= 11 is 10.7. The van der Waals surface area contributed by atoms with Crippen LogP contribution in [0.15, 0.2) is 0 Å². The van der Waals surface area contributed by atoms with Crippen LogP contribution in [-0.2, 0) is 0 Å². The first-order valence-electron chi connectivity index (χ1n) is 3.19. The molecule has 1 aliphatic rings. The molecule has 0 aromatic rings. The van der Waals surface area contributed by atoms with Crippen molar-refractivity contribution in [3.05, 3.63) is 0 Å². The number of thiol groups is 2. The highest BCUT2D eigenvalue weighted by Gasteiger charge is 2.31. The summed E-state index contributed by atoms with van der Waals surface area (Å²) in [4.78, 5) is 0. The molecule has 0 aliphatic carbocycles. The number of rotatable bonds is 2. The molecule has 0 saturated carbocycles. The Bertz CT molecular complexity index is 80.3. The van der Waals surface area contributed by atoms with E-state index in [1.807, 2.05) is 11.8 Å². The van der Waals surface area contributed by atoms with Gasteiger partial charge in [0, 0.05) is 16.3 Å². The third-order valence-corrected chi connectivity index (χ3v) is 5.00. The minimum absolute atomic E-state index is 0.423. The molecule has 0 spiro atoms. The second-order valence-corrected chi connectivity index (χ2v) is 4.65. The zero-order valence-corrected chi connectivity index (χ0v) is 7.94. The van der Waals surface area contributed by atoms with Crippen LogP contribution >= 0.6 is 37.0 Å². The lowest BCUT2D eigenvalue weighted by Crippen LogP contribution is -2.25. The summed E-state index contributed by atoms with van der Waals surface area (Å²) in [5.41, 5.74) is 0. The second kappa shape index (κ2) is 3.44. The first kappa shape index (κ1) is 8.15. The maximum atomic E-state index is 4.31. The molecule has 0 aromatic carbocycles. The minimum Gasteiger partial charge on any atom is -0.178 e. The molecule has 9 heavy (non-hydrogen) atoms. The number of hydrogen-bond donors (Lipinski definition) is 2. The van der Waals surface area contributed by atoms with E-state index in [0.29, 0.717) is 4.75 Å². The van der Waals surface area contributed by atoms with Crippen LogP contribution in [-0.4, -0.2) is 22.0 Å². The highest BCUT2D eigenvalue weighted by Crippen LogP contribution is 2.39. The van der Waals surface area contributed by atoms with Crippen molar-refractivity contribution in [2.75, 3.05) is 17.3 Å². The molecule has 0 radical (unpaired) electrons. The lowest BCUT2D eigenvalue weighted by atomic mass is 10.1.